The smallest absolute Gasteiger partial charge is 0.358 e. The zero-order valence-electron chi connectivity index (χ0n) is 18.0. The first kappa shape index (κ1) is 23.9. The van der Waals surface area contributed by atoms with E-state index >= 15 is 0 Å². The lowest BCUT2D eigenvalue weighted by Crippen LogP contribution is -2.73. The van der Waals surface area contributed by atoms with Crippen molar-refractivity contribution in [3.05, 3.63) is 81.7 Å². The number of carbonyl (C=O) groups excluding carboxylic acids is 3. The van der Waals surface area contributed by atoms with E-state index < -0.39 is 62.1 Å². The molecule has 2 unspecified atom stereocenters. The molecule has 0 saturated carbocycles. The number of nitro groups is 1. The van der Waals surface area contributed by atoms with Crippen molar-refractivity contribution in [2.75, 3.05) is 12.4 Å². The van der Waals surface area contributed by atoms with Crippen molar-refractivity contribution in [1.29, 1.82) is 0 Å². The van der Waals surface area contributed by atoms with Gasteiger partial charge in [-0.25, -0.2) is 4.79 Å². The Bertz CT molecular complexity index is 1230. The standard InChI is InChI=1S/C22H19N3O9S/c26-16-12-35(32)21-18(23-17(27)11-33-15-4-2-1-3-5-15)20(28)24(21)19(16)22(29)34-10-13-6-8-14(9-7-13)25(30)31/h1-9,18,21,26H,10-12H2,(H,23,27)/t18?,21-,35?/m0/s1. The fourth-order valence-electron chi connectivity index (χ4n) is 3.56. The number of aliphatic hydroxyl groups is 1. The number of nitrogens with one attached hydrogen (secondary N) is 1. The second-order valence-corrected chi connectivity index (χ2v) is 9.10. The molecule has 12 nitrogen and oxygen atoms in total. The van der Waals surface area contributed by atoms with E-state index in [2.05, 4.69) is 5.32 Å². The van der Waals surface area contributed by atoms with Crippen molar-refractivity contribution >= 4 is 34.3 Å². The number of nitro benzene ring substituents is 1. The lowest BCUT2D eigenvalue weighted by Gasteiger charge is -2.48. The van der Waals surface area contributed by atoms with Crippen LogP contribution in [0.3, 0.4) is 0 Å². The van der Waals surface area contributed by atoms with Crippen LogP contribution in [0.15, 0.2) is 66.1 Å². The number of benzene rings is 2. The van der Waals surface area contributed by atoms with Crippen LogP contribution in [0.25, 0.3) is 0 Å². The molecular weight excluding hydrogens is 482 g/mol. The molecule has 13 heteroatoms. The summed E-state index contributed by atoms with van der Waals surface area (Å²) in [7, 11) is -1.78. The number of para-hydroxylation sites is 1. The monoisotopic (exact) mass is 501 g/mol. The summed E-state index contributed by atoms with van der Waals surface area (Å²) in [6.07, 6.45) is 0. The summed E-state index contributed by atoms with van der Waals surface area (Å²) < 4.78 is 23.0. The number of non-ortho nitro benzene ring substituents is 1. The van der Waals surface area contributed by atoms with Crippen LogP contribution in [-0.4, -0.2) is 60.7 Å². The molecule has 0 bridgehead atoms. The van der Waals surface area contributed by atoms with Gasteiger partial charge in [0, 0.05) is 12.1 Å². The third-order valence-corrected chi connectivity index (χ3v) is 6.83. The number of fused-ring (bicyclic) bond motifs is 1. The van der Waals surface area contributed by atoms with Gasteiger partial charge >= 0.3 is 5.97 Å². The average molecular weight is 501 g/mol. The number of hydrogen-bond acceptors (Lipinski definition) is 9. The Balaban J connectivity index is 1.38. The van der Waals surface area contributed by atoms with E-state index in [1.807, 2.05) is 0 Å². The highest BCUT2D eigenvalue weighted by atomic mass is 32.2. The van der Waals surface area contributed by atoms with Gasteiger partial charge in [0.05, 0.1) is 21.5 Å². The number of hydrogen-bond donors (Lipinski definition) is 2. The van der Waals surface area contributed by atoms with Crippen LogP contribution in [0.4, 0.5) is 5.69 Å². The van der Waals surface area contributed by atoms with Crippen LogP contribution in [0, 0.1) is 10.1 Å². The molecule has 2 heterocycles. The minimum atomic E-state index is -1.78. The zero-order valence-corrected chi connectivity index (χ0v) is 18.8. The minimum Gasteiger partial charge on any atom is -0.509 e. The molecule has 2 amide bonds. The quantitative estimate of drug-likeness (QED) is 0.231. The third kappa shape index (κ3) is 4.99. The Morgan fingerprint density at radius 2 is 1.86 bits per heavy atom. The maximum absolute atomic E-state index is 12.7. The Morgan fingerprint density at radius 1 is 1.17 bits per heavy atom. The van der Waals surface area contributed by atoms with Gasteiger partial charge in [-0.15, -0.1) is 0 Å². The van der Waals surface area contributed by atoms with Gasteiger partial charge in [-0.1, -0.05) is 18.2 Å². The largest absolute Gasteiger partial charge is 0.509 e. The number of nitrogens with zero attached hydrogens (tertiary/aromatic N) is 2. The first-order chi connectivity index (χ1) is 16.8. The van der Waals surface area contributed by atoms with E-state index in [-0.39, 0.29) is 18.9 Å². The molecule has 1 fully saturated rings. The molecule has 2 aromatic rings. The van der Waals surface area contributed by atoms with Gasteiger partial charge in [-0.2, -0.15) is 0 Å². The number of β-lactam (4-membered cyclic amide) rings is 1. The van der Waals surface area contributed by atoms with Crippen molar-refractivity contribution in [2.45, 2.75) is 18.0 Å². The van der Waals surface area contributed by atoms with Gasteiger partial charge in [0.1, 0.15) is 29.5 Å². The van der Waals surface area contributed by atoms with E-state index in [9.17, 15) is 33.8 Å². The van der Waals surface area contributed by atoms with Gasteiger partial charge in [0.25, 0.3) is 17.5 Å². The molecule has 3 atom stereocenters. The number of ether oxygens (including phenoxy) is 2. The minimum absolute atomic E-state index is 0.133. The van der Waals surface area contributed by atoms with Crippen molar-refractivity contribution in [3.8, 4) is 5.75 Å². The predicted octanol–water partition coefficient (Wildman–Crippen LogP) is 0.902. The summed E-state index contributed by atoms with van der Waals surface area (Å²) in [6, 6.07) is 12.7. The second-order valence-electron chi connectivity index (χ2n) is 7.57. The predicted molar refractivity (Wildman–Crippen MR) is 120 cm³/mol. The number of amides is 2. The number of aliphatic hydroxyl groups excluding tert-OH is 1. The number of esters is 1. The van der Waals surface area contributed by atoms with Crippen LogP contribution in [0.1, 0.15) is 5.56 Å². The maximum atomic E-state index is 12.7. The molecule has 0 spiro atoms. The molecule has 0 aliphatic carbocycles. The number of rotatable bonds is 8. The SMILES string of the molecule is O=C(COc1ccccc1)NC1C(=O)N2C(C(=O)OCc3ccc([N+](=O)[O-])cc3)=C(O)CS(=O)[C@@H]12. The fraction of sp³-hybridized carbons (Fsp3) is 0.227. The molecule has 35 heavy (non-hydrogen) atoms. The molecular formula is C22H19N3O9S. The summed E-state index contributed by atoms with van der Waals surface area (Å²) in [5, 5.41) is 22.4. The number of carbonyl (C=O) groups is 3. The Morgan fingerprint density at radius 3 is 2.51 bits per heavy atom. The summed E-state index contributed by atoms with van der Waals surface area (Å²) in [6.45, 7) is -0.654. The first-order valence-corrected chi connectivity index (χ1v) is 11.6. The second kappa shape index (κ2) is 9.93. The van der Waals surface area contributed by atoms with Crippen molar-refractivity contribution in [3.63, 3.8) is 0 Å². The van der Waals surface area contributed by atoms with Gasteiger partial charge in [0.15, 0.2) is 12.3 Å². The van der Waals surface area contributed by atoms with E-state index in [1.54, 1.807) is 30.3 Å². The van der Waals surface area contributed by atoms with E-state index in [0.717, 1.165) is 4.90 Å². The Hall–Kier alpha value is -4.26. The Labute approximate surface area is 200 Å². The maximum Gasteiger partial charge on any atom is 0.358 e. The van der Waals surface area contributed by atoms with Crippen LogP contribution in [-0.2, 0) is 36.5 Å². The van der Waals surface area contributed by atoms with Gasteiger partial charge in [0.2, 0.25) is 0 Å². The molecule has 0 radical (unpaired) electrons. The van der Waals surface area contributed by atoms with Crippen LogP contribution >= 0.6 is 0 Å². The highest BCUT2D eigenvalue weighted by molar-refractivity contribution is 7.86. The summed E-state index contributed by atoms with van der Waals surface area (Å²) >= 11 is 0. The fourth-order valence-corrected chi connectivity index (χ4v) is 5.07. The Kier molecular flexibility index (Phi) is 6.78. The zero-order chi connectivity index (χ0) is 25.1. The van der Waals surface area contributed by atoms with E-state index in [1.165, 1.54) is 24.3 Å². The normalized spacial score (nSPS) is 21.0. The molecule has 2 N–H and O–H groups in total. The third-order valence-electron chi connectivity index (χ3n) is 5.25. The van der Waals surface area contributed by atoms with Gasteiger partial charge in [-0.05, 0) is 29.8 Å². The molecule has 2 aromatic carbocycles. The van der Waals surface area contributed by atoms with E-state index in [4.69, 9.17) is 9.47 Å². The lowest BCUT2D eigenvalue weighted by atomic mass is 10.0. The topological polar surface area (TPSA) is 165 Å². The highest BCUT2D eigenvalue weighted by Gasteiger charge is 2.57. The average Bonchev–Trinajstić information content (AvgIpc) is 2.85. The van der Waals surface area contributed by atoms with E-state index in [0.29, 0.717) is 11.3 Å². The first-order valence-electron chi connectivity index (χ1n) is 10.3. The molecule has 182 valence electrons. The summed E-state index contributed by atoms with van der Waals surface area (Å²) in [5.41, 5.74) is -0.141. The molecule has 2 aliphatic heterocycles. The molecule has 1 saturated heterocycles. The van der Waals surface area contributed by atoms with Gasteiger partial charge in [-0.3, -0.25) is 28.8 Å². The van der Waals surface area contributed by atoms with Crippen molar-refractivity contribution in [2.24, 2.45) is 0 Å². The molecule has 0 aromatic heterocycles. The summed E-state index contributed by atoms with van der Waals surface area (Å²) in [4.78, 5) is 48.6. The van der Waals surface area contributed by atoms with Crippen LogP contribution < -0.4 is 10.1 Å². The highest BCUT2D eigenvalue weighted by Crippen LogP contribution is 2.34. The lowest BCUT2D eigenvalue weighted by molar-refractivity contribution is -0.384. The van der Waals surface area contributed by atoms with Crippen LogP contribution in [0.2, 0.25) is 0 Å². The van der Waals surface area contributed by atoms with Crippen molar-refractivity contribution in [1.82, 2.24) is 10.2 Å². The van der Waals surface area contributed by atoms with Crippen LogP contribution in [0.5, 0.6) is 5.75 Å². The molecule has 4 rings (SSSR count). The molecule has 2 aliphatic rings. The van der Waals surface area contributed by atoms with Crippen molar-refractivity contribution < 1.29 is 38.1 Å². The summed E-state index contributed by atoms with van der Waals surface area (Å²) in [5.74, 6) is -2.90. The van der Waals surface area contributed by atoms with Gasteiger partial charge < -0.3 is 19.9 Å².